The third kappa shape index (κ3) is 3.20. The van der Waals surface area contributed by atoms with Crippen molar-refractivity contribution < 1.29 is 0 Å². The van der Waals surface area contributed by atoms with Crippen LogP contribution in [0.5, 0.6) is 0 Å². The monoisotopic (exact) mass is 205 g/mol. The fourth-order valence-electron chi connectivity index (χ4n) is 2.13. The highest BCUT2D eigenvalue weighted by Crippen LogP contribution is 2.10. The summed E-state index contributed by atoms with van der Waals surface area (Å²) in [7, 11) is 0. The van der Waals surface area contributed by atoms with Gasteiger partial charge in [-0.05, 0) is 45.0 Å². The molecular formula is C12H19N3. The minimum absolute atomic E-state index is 0.505. The molecule has 0 aliphatic carbocycles. The van der Waals surface area contributed by atoms with Crippen LogP contribution >= 0.6 is 0 Å². The predicted octanol–water partition coefficient (Wildman–Crippen LogP) is 1.98. The van der Waals surface area contributed by atoms with Gasteiger partial charge in [-0.2, -0.15) is 0 Å². The number of nitrogens with zero attached hydrogens (tertiary/aromatic N) is 2. The van der Waals surface area contributed by atoms with E-state index in [1.807, 2.05) is 24.5 Å². The molecule has 1 aliphatic rings. The van der Waals surface area contributed by atoms with Crippen LogP contribution in [0.1, 0.15) is 19.8 Å². The molecule has 1 unspecified atom stereocenters. The Hall–Kier alpha value is -1.09. The van der Waals surface area contributed by atoms with Crippen molar-refractivity contribution in [3.63, 3.8) is 0 Å². The van der Waals surface area contributed by atoms with Crippen LogP contribution < -0.4 is 5.32 Å². The molecule has 1 aromatic heterocycles. The van der Waals surface area contributed by atoms with Gasteiger partial charge in [-0.3, -0.25) is 4.98 Å². The van der Waals surface area contributed by atoms with E-state index in [9.17, 15) is 0 Å². The van der Waals surface area contributed by atoms with Gasteiger partial charge in [0.2, 0.25) is 0 Å². The number of hydrogen-bond acceptors (Lipinski definition) is 3. The Morgan fingerprint density at radius 3 is 2.67 bits per heavy atom. The van der Waals surface area contributed by atoms with E-state index in [1.165, 1.54) is 25.9 Å². The average Bonchev–Trinajstić information content (AvgIpc) is 2.71. The van der Waals surface area contributed by atoms with E-state index in [0.717, 1.165) is 12.2 Å². The van der Waals surface area contributed by atoms with Gasteiger partial charge >= 0.3 is 0 Å². The van der Waals surface area contributed by atoms with Gasteiger partial charge in [0, 0.05) is 30.7 Å². The predicted molar refractivity (Wildman–Crippen MR) is 63.0 cm³/mol. The van der Waals surface area contributed by atoms with Crippen LogP contribution in [0.25, 0.3) is 0 Å². The molecule has 3 heteroatoms. The molecular weight excluding hydrogens is 186 g/mol. The lowest BCUT2D eigenvalue weighted by molar-refractivity contribution is 0.328. The van der Waals surface area contributed by atoms with Crippen LogP contribution in [-0.4, -0.2) is 35.6 Å². The summed E-state index contributed by atoms with van der Waals surface area (Å²) in [6, 6.07) is 4.53. The first kappa shape index (κ1) is 10.4. The zero-order valence-electron chi connectivity index (χ0n) is 9.32. The summed E-state index contributed by atoms with van der Waals surface area (Å²) in [6.45, 7) is 5.91. The first-order valence-electron chi connectivity index (χ1n) is 5.73. The number of aromatic nitrogens is 1. The molecule has 3 nitrogen and oxygen atoms in total. The summed E-state index contributed by atoms with van der Waals surface area (Å²) in [6.07, 6.45) is 6.37. The summed E-state index contributed by atoms with van der Waals surface area (Å²) >= 11 is 0. The van der Waals surface area contributed by atoms with Crippen molar-refractivity contribution >= 4 is 5.69 Å². The van der Waals surface area contributed by atoms with E-state index in [0.29, 0.717) is 6.04 Å². The molecule has 1 fully saturated rings. The third-order valence-corrected chi connectivity index (χ3v) is 2.82. The zero-order chi connectivity index (χ0) is 10.5. The molecule has 82 valence electrons. The standard InChI is InChI=1S/C12H19N3/c1-11(10-15-8-2-3-9-15)14-12-4-6-13-7-5-12/h4-7,11H,2-3,8-10H2,1H3,(H,13,14). The van der Waals surface area contributed by atoms with Gasteiger partial charge in [0.05, 0.1) is 0 Å². The second kappa shape index (κ2) is 5.12. The van der Waals surface area contributed by atoms with E-state index in [-0.39, 0.29) is 0 Å². The minimum atomic E-state index is 0.505. The van der Waals surface area contributed by atoms with Crippen LogP contribution in [0.2, 0.25) is 0 Å². The molecule has 1 saturated heterocycles. The largest absolute Gasteiger partial charge is 0.381 e. The molecule has 15 heavy (non-hydrogen) atoms. The molecule has 1 atom stereocenters. The van der Waals surface area contributed by atoms with Gasteiger partial charge < -0.3 is 10.2 Å². The Kier molecular flexibility index (Phi) is 3.56. The summed E-state index contributed by atoms with van der Waals surface area (Å²) in [5.74, 6) is 0. The maximum Gasteiger partial charge on any atom is 0.0373 e. The lowest BCUT2D eigenvalue weighted by Gasteiger charge is -2.21. The van der Waals surface area contributed by atoms with Gasteiger partial charge in [-0.15, -0.1) is 0 Å². The number of pyridine rings is 1. The normalized spacial score (nSPS) is 19.0. The Morgan fingerprint density at radius 1 is 1.33 bits per heavy atom. The third-order valence-electron chi connectivity index (χ3n) is 2.82. The molecule has 0 spiro atoms. The molecule has 2 heterocycles. The van der Waals surface area contributed by atoms with Crippen LogP contribution in [0.4, 0.5) is 5.69 Å². The summed E-state index contributed by atoms with van der Waals surface area (Å²) < 4.78 is 0. The topological polar surface area (TPSA) is 28.2 Å². The number of rotatable bonds is 4. The molecule has 0 bridgehead atoms. The Morgan fingerprint density at radius 2 is 2.00 bits per heavy atom. The maximum atomic E-state index is 4.01. The molecule has 0 saturated carbocycles. The Balaban J connectivity index is 1.79. The lowest BCUT2D eigenvalue weighted by atomic mass is 10.3. The van der Waals surface area contributed by atoms with E-state index in [4.69, 9.17) is 0 Å². The van der Waals surface area contributed by atoms with Gasteiger partial charge in [0.15, 0.2) is 0 Å². The summed E-state index contributed by atoms with van der Waals surface area (Å²) in [4.78, 5) is 6.53. The van der Waals surface area contributed by atoms with E-state index in [1.54, 1.807) is 0 Å². The number of likely N-dealkylation sites (tertiary alicyclic amines) is 1. The molecule has 2 rings (SSSR count). The second-order valence-corrected chi connectivity index (χ2v) is 4.29. The van der Waals surface area contributed by atoms with Crippen LogP contribution in [0.15, 0.2) is 24.5 Å². The second-order valence-electron chi connectivity index (χ2n) is 4.29. The van der Waals surface area contributed by atoms with Gasteiger partial charge in [0.25, 0.3) is 0 Å². The van der Waals surface area contributed by atoms with Crippen molar-refractivity contribution in [1.82, 2.24) is 9.88 Å². The number of hydrogen-bond donors (Lipinski definition) is 1. The van der Waals surface area contributed by atoms with Crippen molar-refractivity contribution in [2.75, 3.05) is 25.0 Å². The molecule has 1 aromatic rings. The molecule has 0 aromatic carbocycles. The highest BCUT2D eigenvalue weighted by Gasteiger charge is 2.14. The zero-order valence-corrected chi connectivity index (χ0v) is 9.32. The van der Waals surface area contributed by atoms with Crippen LogP contribution in [0, 0.1) is 0 Å². The Bertz CT molecular complexity index is 280. The van der Waals surface area contributed by atoms with Crippen LogP contribution in [-0.2, 0) is 0 Å². The van der Waals surface area contributed by atoms with E-state index >= 15 is 0 Å². The highest BCUT2D eigenvalue weighted by molar-refractivity contribution is 5.41. The minimum Gasteiger partial charge on any atom is -0.381 e. The molecule has 1 aliphatic heterocycles. The van der Waals surface area contributed by atoms with E-state index in [2.05, 4.69) is 22.1 Å². The van der Waals surface area contributed by atoms with Crippen molar-refractivity contribution in [2.45, 2.75) is 25.8 Å². The maximum absolute atomic E-state index is 4.01. The first-order valence-corrected chi connectivity index (χ1v) is 5.73. The van der Waals surface area contributed by atoms with Crippen LogP contribution in [0.3, 0.4) is 0 Å². The number of nitrogens with one attached hydrogen (secondary N) is 1. The molecule has 0 radical (unpaired) electrons. The fourth-order valence-corrected chi connectivity index (χ4v) is 2.13. The summed E-state index contributed by atoms with van der Waals surface area (Å²) in [5.41, 5.74) is 1.16. The smallest absolute Gasteiger partial charge is 0.0373 e. The van der Waals surface area contributed by atoms with Crippen molar-refractivity contribution in [2.24, 2.45) is 0 Å². The molecule has 0 amide bonds. The number of anilines is 1. The molecule has 1 N–H and O–H groups in total. The SMILES string of the molecule is CC(CN1CCCC1)Nc1ccncc1. The first-order chi connectivity index (χ1) is 7.34. The summed E-state index contributed by atoms with van der Waals surface area (Å²) in [5, 5.41) is 3.49. The van der Waals surface area contributed by atoms with Gasteiger partial charge in [-0.25, -0.2) is 0 Å². The van der Waals surface area contributed by atoms with Gasteiger partial charge in [0.1, 0.15) is 0 Å². The quantitative estimate of drug-likeness (QED) is 0.814. The van der Waals surface area contributed by atoms with Crippen molar-refractivity contribution in [3.05, 3.63) is 24.5 Å². The van der Waals surface area contributed by atoms with Gasteiger partial charge in [-0.1, -0.05) is 0 Å². The average molecular weight is 205 g/mol. The lowest BCUT2D eigenvalue weighted by Crippen LogP contribution is -2.32. The van der Waals surface area contributed by atoms with Crippen molar-refractivity contribution in [3.8, 4) is 0 Å². The Labute approximate surface area is 91.5 Å². The van der Waals surface area contributed by atoms with E-state index < -0.39 is 0 Å². The fraction of sp³-hybridized carbons (Fsp3) is 0.583. The highest BCUT2D eigenvalue weighted by atomic mass is 15.2. The van der Waals surface area contributed by atoms with Crippen molar-refractivity contribution in [1.29, 1.82) is 0 Å².